The molecule has 2 heteroatoms. The van der Waals surface area contributed by atoms with Crippen LogP contribution in [0.15, 0.2) is 0 Å². The molecule has 0 aromatic carbocycles. The normalized spacial score (nSPS) is 26.8. The van der Waals surface area contributed by atoms with Crippen molar-refractivity contribution < 1.29 is 5.11 Å². The molecule has 1 spiro atoms. The van der Waals surface area contributed by atoms with Crippen LogP contribution in [0.1, 0.15) is 65.2 Å². The summed E-state index contributed by atoms with van der Waals surface area (Å²) in [5, 5.41) is 14.0. The molecule has 0 saturated heterocycles. The fourth-order valence-electron chi connectivity index (χ4n) is 3.64. The van der Waals surface area contributed by atoms with Crippen molar-refractivity contribution in [1.29, 1.82) is 0 Å². The molecular formula is C15H29NO. The topological polar surface area (TPSA) is 32.3 Å². The van der Waals surface area contributed by atoms with E-state index in [-0.39, 0.29) is 0 Å². The average molecular weight is 239 g/mol. The molecule has 0 radical (unpaired) electrons. The van der Waals surface area contributed by atoms with Crippen molar-refractivity contribution in [3.63, 3.8) is 0 Å². The highest BCUT2D eigenvalue weighted by atomic mass is 16.3. The van der Waals surface area contributed by atoms with Crippen molar-refractivity contribution in [2.45, 2.75) is 70.8 Å². The van der Waals surface area contributed by atoms with Crippen LogP contribution in [0, 0.1) is 11.3 Å². The van der Waals surface area contributed by atoms with E-state index in [4.69, 9.17) is 0 Å². The third-order valence-corrected chi connectivity index (χ3v) is 4.91. The average Bonchev–Trinajstić information content (AvgIpc) is 2.72. The van der Waals surface area contributed by atoms with Crippen LogP contribution in [0.2, 0.25) is 0 Å². The predicted molar refractivity (Wildman–Crippen MR) is 72.0 cm³/mol. The van der Waals surface area contributed by atoms with Gasteiger partial charge in [-0.25, -0.2) is 0 Å². The highest BCUT2D eigenvalue weighted by Crippen LogP contribution is 2.50. The molecule has 2 fully saturated rings. The lowest BCUT2D eigenvalue weighted by molar-refractivity contribution is -0.0315. The van der Waals surface area contributed by atoms with Crippen molar-refractivity contribution in [2.75, 3.05) is 13.1 Å². The zero-order chi connectivity index (χ0) is 12.4. The minimum absolute atomic E-state index is 0.414. The summed E-state index contributed by atoms with van der Waals surface area (Å²) in [5.41, 5.74) is 0.215. The molecule has 0 aromatic heterocycles. The minimum Gasteiger partial charge on any atom is -0.389 e. The molecule has 2 N–H and O–H groups in total. The third kappa shape index (κ3) is 3.45. The van der Waals surface area contributed by atoms with Crippen LogP contribution in [0.3, 0.4) is 0 Å². The molecule has 0 atom stereocenters. The van der Waals surface area contributed by atoms with Gasteiger partial charge in [0.25, 0.3) is 0 Å². The first-order valence-electron chi connectivity index (χ1n) is 7.47. The Labute approximate surface area is 106 Å². The Balaban J connectivity index is 1.76. The first-order valence-corrected chi connectivity index (χ1v) is 7.47. The van der Waals surface area contributed by atoms with Gasteiger partial charge in [0.05, 0.1) is 5.60 Å². The van der Waals surface area contributed by atoms with Gasteiger partial charge in [0.15, 0.2) is 0 Å². The summed E-state index contributed by atoms with van der Waals surface area (Å²) in [6.45, 7) is 6.24. The lowest BCUT2D eigenvalue weighted by atomic mass is 9.67. The number of aliphatic hydroxyl groups is 1. The van der Waals surface area contributed by atoms with Gasteiger partial charge in [-0.3, -0.25) is 0 Å². The number of hydrogen-bond donors (Lipinski definition) is 2. The maximum absolute atomic E-state index is 10.6. The van der Waals surface area contributed by atoms with Gasteiger partial charge >= 0.3 is 0 Å². The van der Waals surface area contributed by atoms with E-state index in [0.29, 0.717) is 11.3 Å². The Morgan fingerprint density at radius 3 is 2.12 bits per heavy atom. The Hall–Kier alpha value is -0.0800. The Kier molecular flexibility index (Phi) is 4.14. The summed E-state index contributed by atoms with van der Waals surface area (Å²) in [4.78, 5) is 0. The summed E-state index contributed by atoms with van der Waals surface area (Å²) in [5.74, 6) is 0.670. The van der Waals surface area contributed by atoms with Crippen molar-refractivity contribution in [1.82, 2.24) is 5.32 Å². The molecule has 2 saturated carbocycles. The monoisotopic (exact) mass is 239 g/mol. The lowest BCUT2D eigenvalue weighted by Gasteiger charge is -2.42. The summed E-state index contributed by atoms with van der Waals surface area (Å²) in [6, 6.07) is 0. The van der Waals surface area contributed by atoms with E-state index in [2.05, 4.69) is 19.2 Å². The van der Waals surface area contributed by atoms with Crippen molar-refractivity contribution >= 4 is 0 Å². The van der Waals surface area contributed by atoms with E-state index in [1.807, 2.05) is 0 Å². The molecule has 0 unspecified atom stereocenters. The summed E-state index contributed by atoms with van der Waals surface area (Å²) >= 11 is 0. The number of rotatable bonds is 4. The Bertz CT molecular complexity index is 233. The summed E-state index contributed by atoms with van der Waals surface area (Å²) in [7, 11) is 0. The quantitative estimate of drug-likeness (QED) is 0.790. The number of nitrogens with one attached hydrogen (secondary N) is 1. The smallest absolute Gasteiger partial charge is 0.0772 e. The van der Waals surface area contributed by atoms with Gasteiger partial charge < -0.3 is 10.4 Å². The zero-order valence-electron chi connectivity index (χ0n) is 11.6. The molecule has 2 aliphatic rings. The van der Waals surface area contributed by atoms with Gasteiger partial charge in [0, 0.05) is 6.54 Å². The largest absolute Gasteiger partial charge is 0.389 e. The second-order valence-corrected chi connectivity index (χ2v) is 6.96. The predicted octanol–water partition coefficient (Wildman–Crippen LogP) is 3.10. The molecule has 17 heavy (non-hydrogen) atoms. The molecule has 0 amide bonds. The highest BCUT2D eigenvalue weighted by molar-refractivity contribution is 4.96. The first-order chi connectivity index (χ1) is 8.04. The fraction of sp³-hybridized carbons (Fsp3) is 1.00. The van der Waals surface area contributed by atoms with Crippen LogP contribution >= 0.6 is 0 Å². The van der Waals surface area contributed by atoms with Gasteiger partial charge in [0.1, 0.15) is 0 Å². The third-order valence-electron chi connectivity index (χ3n) is 4.91. The molecule has 2 aliphatic carbocycles. The zero-order valence-corrected chi connectivity index (χ0v) is 11.6. The maximum atomic E-state index is 10.6. The van der Waals surface area contributed by atoms with E-state index in [0.717, 1.165) is 25.9 Å². The van der Waals surface area contributed by atoms with E-state index < -0.39 is 5.60 Å². The molecule has 0 aromatic rings. The van der Waals surface area contributed by atoms with Gasteiger partial charge in [0.2, 0.25) is 0 Å². The van der Waals surface area contributed by atoms with Gasteiger partial charge in [-0.15, -0.1) is 0 Å². The number of hydrogen-bond acceptors (Lipinski definition) is 2. The molecule has 0 heterocycles. The first kappa shape index (κ1) is 13.4. The SMILES string of the molecule is CC(C)CNCC1(O)CCC2(CCCC2)CC1. The van der Waals surface area contributed by atoms with Crippen molar-refractivity contribution in [3.05, 3.63) is 0 Å². The summed E-state index contributed by atoms with van der Waals surface area (Å²) < 4.78 is 0. The van der Waals surface area contributed by atoms with Crippen LogP contribution < -0.4 is 5.32 Å². The van der Waals surface area contributed by atoms with Crippen LogP contribution in [0.25, 0.3) is 0 Å². The second-order valence-electron chi connectivity index (χ2n) is 6.96. The minimum atomic E-state index is -0.414. The van der Waals surface area contributed by atoms with Crippen LogP contribution in [-0.4, -0.2) is 23.8 Å². The van der Waals surface area contributed by atoms with Crippen LogP contribution in [0.4, 0.5) is 0 Å². The second kappa shape index (κ2) is 5.27. The molecule has 2 rings (SSSR count). The van der Waals surface area contributed by atoms with Crippen LogP contribution in [-0.2, 0) is 0 Å². The molecule has 2 nitrogen and oxygen atoms in total. The summed E-state index contributed by atoms with van der Waals surface area (Å²) in [6.07, 6.45) is 10.2. The highest BCUT2D eigenvalue weighted by Gasteiger charge is 2.42. The molecule has 100 valence electrons. The van der Waals surface area contributed by atoms with E-state index in [9.17, 15) is 5.11 Å². The molecule has 0 bridgehead atoms. The Morgan fingerprint density at radius 2 is 1.59 bits per heavy atom. The van der Waals surface area contributed by atoms with Crippen molar-refractivity contribution in [2.24, 2.45) is 11.3 Å². The van der Waals surface area contributed by atoms with Gasteiger partial charge in [-0.05, 0) is 56.4 Å². The molecule has 0 aliphatic heterocycles. The fourth-order valence-corrected chi connectivity index (χ4v) is 3.64. The van der Waals surface area contributed by atoms with Crippen molar-refractivity contribution in [3.8, 4) is 0 Å². The van der Waals surface area contributed by atoms with E-state index in [1.165, 1.54) is 38.5 Å². The van der Waals surface area contributed by atoms with Gasteiger partial charge in [-0.2, -0.15) is 0 Å². The van der Waals surface area contributed by atoms with Crippen LogP contribution in [0.5, 0.6) is 0 Å². The molecular weight excluding hydrogens is 210 g/mol. The lowest BCUT2D eigenvalue weighted by Crippen LogP contribution is -2.46. The van der Waals surface area contributed by atoms with E-state index >= 15 is 0 Å². The van der Waals surface area contributed by atoms with E-state index in [1.54, 1.807) is 0 Å². The van der Waals surface area contributed by atoms with Gasteiger partial charge in [-0.1, -0.05) is 26.7 Å². The standard InChI is InChI=1S/C15H29NO/c1-13(2)11-16-12-15(17)9-7-14(8-10-15)5-3-4-6-14/h13,16-17H,3-12H2,1-2H3. The maximum Gasteiger partial charge on any atom is 0.0772 e. The Morgan fingerprint density at radius 1 is 1.00 bits per heavy atom.